The molecule has 0 saturated heterocycles. The quantitative estimate of drug-likeness (QED) is 0.783. The van der Waals surface area contributed by atoms with Gasteiger partial charge in [-0.15, -0.1) is 0 Å². The molecule has 0 amide bonds. The highest BCUT2D eigenvalue weighted by Crippen LogP contribution is 2.37. The Morgan fingerprint density at radius 1 is 1.00 bits per heavy atom. The van der Waals surface area contributed by atoms with Crippen molar-refractivity contribution in [2.24, 2.45) is 17.8 Å². The average Bonchev–Trinajstić information content (AvgIpc) is 2.41. The monoisotopic (exact) mass is 273 g/mol. The largest absolute Gasteiger partial charge is 0.310 e. The lowest BCUT2D eigenvalue weighted by molar-refractivity contribution is 0.259. The number of fused-ring (bicyclic) bond motifs is 1. The van der Waals surface area contributed by atoms with Crippen LogP contribution in [-0.4, -0.2) is 6.54 Å². The molecule has 1 aromatic carbocycles. The van der Waals surface area contributed by atoms with Crippen LogP contribution >= 0.6 is 0 Å². The molecular weight excluding hydrogens is 242 g/mol. The highest BCUT2D eigenvalue weighted by Gasteiger charge is 2.25. The maximum atomic E-state index is 3.86. The van der Waals surface area contributed by atoms with Gasteiger partial charge in [0.25, 0.3) is 0 Å². The van der Waals surface area contributed by atoms with Gasteiger partial charge in [0, 0.05) is 6.04 Å². The van der Waals surface area contributed by atoms with Gasteiger partial charge in [-0.25, -0.2) is 0 Å². The second-order valence-electron chi connectivity index (χ2n) is 7.22. The fourth-order valence-electron chi connectivity index (χ4n) is 3.74. The zero-order chi connectivity index (χ0) is 14.7. The highest BCUT2D eigenvalue weighted by atomic mass is 14.9. The number of hydrogen-bond donors (Lipinski definition) is 1. The molecule has 1 nitrogen and oxygen atoms in total. The van der Waals surface area contributed by atoms with Crippen LogP contribution in [0.1, 0.15) is 70.5 Å². The number of benzene rings is 1. The lowest BCUT2D eigenvalue weighted by Crippen LogP contribution is -2.34. The molecule has 0 spiro atoms. The average molecular weight is 273 g/mol. The third-order valence-corrected chi connectivity index (χ3v) is 5.10. The first-order valence-electron chi connectivity index (χ1n) is 8.33. The fourth-order valence-corrected chi connectivity index (χ4v) is 3.74. The van der Waals surface area contributed by atoms with E-state index in [2.05, 4.69) is 64.2 Å². The van der Waals surface area contributed by atoms with Crippen molar-refractivity contribution < 1.29 is 0 Å². The van der Waals surface area contributed by atoms with E-state index in [1.165, 1.54) is 18.4 Å². The van der Waals surface area contributed by atoms with Crippen molar-refractivity contribution in [3.63, 3.8) is 0 Å². The highest BCUT2D eigenvalue weighted by molar-refractivity contribution is 5.34. The predicted molar refractivity (Wildman–Crippen MR) is 88.0 cm³/mol. The van der Waals surface area contributed by atoms with Gasteiger partial charge < -0.3 is 5.32 Å². The first-order valence-corrected chi connectivity index (χ1v) is 8.33. The van der Waals surface area contributed by atoms with E-state index in [1.807, 2.05) is 0 Å². The van der Waals surface area contributed by atoms with Crippen LogP contribution in [0.5, 0.6) is 0 Å². The third kappa shape index (κ3) is 3.44. The molecule has 0 heterocycles. The summed E-state index contributed by atoms with van der Waals surface area (Å²) in [4.78, 5) is 0. The minimum absolute atomic E-state index is 0.558. The SMILES string of the molecule is CC1CCC(NCC(C(C)C)C(C)C)c2ccccc21. The van der Waals surface area contributed by atoms with Gasteiger partial charge in [-0.1, -0.05) is 58.9 Å². The first-order chi connectivity index (χ1) is 9.50. The van der Waals surface area contributed by atoms with E-state index in [-0.39, 0.29) is 0 Å². The molecule has 1 N–H and O–H groups in total. The van der Waals surface area contributed by atoms with Gasteiger partial charge in [-0.05, 0) is 54.2 Å². The summed E-state index contributed by atoms with van der Waals surface area (Å²) in [5.74, 6) is 2.98. The second kappa shape index (κ2) is 6.76. The maximum Gasteiger partial charge on any atom is 0.0323 e. The van der Waals surface area contributed by atoms with Gasteiger partial charge in [0.05, 0.1) is 0 Å². The summed E-state index contributed by atoms with van der Waals surface area (Å²) < 4.78 is 0. The van der Waals surface area contributed by atoms with Crippen molar-refractivity contribution in [3.8, 4) is 0 Å². The number of nitrogens with one attached hydrogen (secondary N) is 1. The minimum Gasteiger partial charge on any atom is -0.310 e. The van der Waals surface area contributed by atoms with Crippen molar-refractivity contribution in [1.29, 1.82) is 0 Å². The molecule has 0 fully saturated rings. The molecule has 20 heavy (non-hydrogen) atoms. The van der Waals surface area contributed by atoms with Crippen LogP contribution in [0.3, 0.4) is 0 Å². The van der Waals surface area contributed by atoms with Gasteiger partial charge in [-0.3, -0.25) is 0 Å². The summed E-state index contributed by atoms with van der Waals surface area (Å²) in [6.07, 6.45) is 2.59. The summed E-state index contributed by atoms with van der Waals surface area (Å²) in [7, 11) is 0. The Kier molecular flexibility index (Phi) is 5.26. The van der Waals surface area contributed by atoms with Gasteiger partial charge in [0.1, 0.15) is 0 Å². The van der Waals surface area contributed by atoms with Crippen molar-refractivity contribution in [3.05, 3.63) is 35.4 Å². The summed E-state index contributed by atoms with van der Waals surface area (Å²) in [5.41, 5.74) is 3.10. The zero-order valence-electron chi connectivity index (χ0n) is 13.8. The van der Waals surface area contributed by atoms with Crippen LogP contribution in [0, 0.1) is 17.8 Å². The Hall–Kier alpha value is -0.820. The minimum atomic E-state index is 0.558. The van der Waals surface area contributed by atoms with Crippen LogP contribution in [0.4, 0.5) is 0 Å². The van der Waals surface area contributed by atoms with Crippen LogP contribution < -0.4 is 5.32 Å². The Balaban J connectivity index is 2.06. The Morgan fingerprint density at radius 3 is 2.20 bits per heavy atom. The Bertz CT molecular complexity index is 414. The van der Waals surface area contributed by atoms with Crippen LogP contribution in [0.2, 0.25) is 0 Å². The zero-order valence-corrected chi connectivity index (χ0v) is 13.8. The standard InChI is InChI=1S/C19H31N/c1-13(2)18(14(3)4)12-20-19-11-10-15(5)16-8-6-7-9-17(16)19/h6-9,13-15,18-20H,10-12H2,1-5H3. The molecule has 2 unspecified atom stereocenters. The van der Waals surface area contributed by atoms with Crippen molar-refractivity contribution in [2.45, 2.75) is 59.4 Å². The summed E-state index contributed by atoms with van der Waals surface area (Å²) in [5, 5.41) is 3.86. The summed E-state index contributed by atoms with van der Waals surface area (Å²) in [6, 6.07) is 9.57. The first kappa shape index (κ1) is 15.6. The molecule has 0 aliphatic heterocycles. The number of hydrogen-bond acceptors (Lipinski definition) is 1. The molecule has 1 aliphatic rings. The fraction of sp³-hybridized carbons (Fsp3) is 0.684. The summed E-state index contributed by atoms with van der Waals surface area (Å²) >= 11 is 0. The van der Waals surface area contributed by atoms with E-state index < -0.39 is 0 Å². The number of rotatable bonds is 5. The molecule has 0 bridgehead atoms. The van der Waals surface area contributed by atoms with Crippen molar-refractivity contribution in [2.75, 3.05) is 6.54 Å². The van der Waals surface area contributed by atoms with E-state index in [9.17, 15) is 0 Å². The Labute approximate surface area is 125 Å². The topological polar surface area (TPSA) is 12.0 Å². The molecular formula is C19H31N. The molecule has 0 radical (unpaired) electrons. The lowest BCUT2D eigenvalue weighted by Gasteiger charge is -2.33. The van der Waals surface area contributed by atoms with Crippen LogP contribution in [0.15, 0.2) is 24.3 Å². The molecule has 1 aliphatic carbocycles. The van der Waals surface area contributed by atoms with Gasteiger partial charge in [0.2, 0.25) is 0 Å². The van der Waals surface area contributed by atoms with Crippen molar-refractivity contribution >= 4 is 0 Å². The van der Waals surface area contributed by atoms with Crippen molar-refractivity contribution in [1.82, 2.24) is 5.32 Å². The smallest absolute Gasteiger partial charge is 0.0323 e. The Morgan fingerprint density at radius 2 is 1.60 bits per heavy atom. The van der Waals surface area contributed by atoms with Gasteiger partial charge >= 0.3 is 0 Å². The lowest BCUT2D eigenvalue weighted by atomic mass is 9.80. The van der Waals surface area contributed by atoms with Gasteiger partial charge in [0.15, 0.2) is 0 Å². The van der Waals surface area contributed by atoms with E-state index in [4.69, 9.17) is 0 Å². The summed E-state index contributed by atoms with van der Waals surface area (Å²) in [6.45, 7) is 12.9. The third-order valence-electron chi connectivity index (χ3n) is 5.10. The normalized spacial score (nSPS) is 22.6. The molecule has 2 rings (SSSR count). The van der Waals surface area contributed by atoms with E-state index in [1.54, 1.807) is 5.56 Å². The van der Waals surface area contributed by atoms with Crippen LogP contribution in [0.25, 0.3) is 0 Å². The molecule has 0 saturated carbocycles. The molecule has 1 heteroatoms. The molecule has 0 aromatic heterocycles. The van der Waals surface area contributed by atoms with E-state index in [0.717, 1.165) is 30.2 Å². The second-order valence-corrected chi connectivity index (χ2v) is 7.22. The predicted octanol–water partition coefficient (Wildman–Crippen LogP) is 5.14. The van der Waals surface area contributed by atoms with Crippen LogP contribution in [-0.2, 0) is 0 Å². The maximum absolute atomic E-state index is 3.86. The molecule has 1 aromatic rings. The molecule has 2 atom stereocenters. The van der Waals surface area contributed by atoms with Gasteiger partial charge in [-0.2, -0.15) is 0 Å². The molecule has 112 valence electrons. The van der Waals surface area contributed by atoms with E-state index in [0.29, 0.717) is 6.04 Å². The van der Waals surface area contributed by atoms with E-state index >= 15 is 0 Å².